The molecule has 2 aromatic heterocycles. The highest BCUT2D eigenvalue weighted by Gasteiger charge is 2.52. The maximum Gasteiger partial charge on any atom is 0.261 e. The van der Waals surface area contributed by atoms with Gasteiger partial charge in [0.25, 0.3) is 8.32 Å². The Morgan fingerprint density at radius 3 is 2.16 bits per heavy atom. The maximum atomic E-state index is 7.57. The quantitative estimate of drug-likeness (QED) is 0.151. The van der Waals surface area contributed by atoms with Gasteiger partial charge in [-0.1, -0.05) is 104 Å². The van der Waals surface area contributed by atoms with E-state index in [9.17, 15) is 0 Å². The van der Waals surface area contributed by atoms with Crippen molar-refractivity contribution in [1.29, 1.82) is 0 Å². The summed E-state index contributed by atoms with van der Waals surface area (Å²) in [7, 11) is -0.905. The van der Waals surface area contributed by atoms with E-state index in [1.165, 1.54) is 27.7 Å². The van der Waals surface area contributed by atoms with E-state index in [1.807, 2.05) is 12.3 Å². The second-order valence-electron chi connectivity index (χ2n) is 13.5. The molecule has 6 rings (SSSR count). The third kappa shape index (κ3) is 5.62. The first-order valence-corrected chi connectivity index (χ1v) is 18.4. The van der Waals surface area contributed by atoms with Gasteiger partial charge in [-0.25, -0.2) is 0 Å². The Labute approximate surface area is 271 Å². The highest BCUT2D eigenvalue weighted by molar-refractivity contribution is 9.10. The molecular formula is C38H43BrN2O2Si. The van der Waals surface area contributed by atoms with Crippen LogP contribution in [-0.2, 0) is 15.6 Å². The Balaban J connectivity index is 1.45. The van der Waals surface area contributed by atoms with Crippen LogP contribution >= 0.6 is 15.9 Å². The van der Waals surface area contributed by atoms with Gasteiger partial charge in [0.05, 0.1) is 17.5 Å². The zero-order valence-electron chi connectivity index (χ0n) is 26.5. The first kappa shape index (κ1) is 31.0. The van der Waals surface area contributed by atoms with E-state index in [0.29, 0.717) is 0 Å². The number of rotatable bonds is 10. The first-order chi connectivity index (χ1) is 21.2. The van der Waals surface area contributed by atoms with Crippen LogP contribution in [0.1, 0.15) is 64.3 Å². The van der Waals surface area contributed by atoms with Crippen molar-refractivity contribution in [1.82, 2.24) is 9.97 Å². The molecule has 1 N–H and O–H groups in total. The molecule has 2 heterocycles. The molecule has 0 spiro atoms. The molecule has 0 aliphatic heterocycles. The van der Waals surface area contributed by atoms with E-state index >= 15 is 0 Å². The van der Waals surface area contributed by atoms with Crippen LogP contribution in [0.4, 0.5) is 0 Å². The van der Waals surface area contributed by atoms with Crippen LogP contribution in [0.15, 0.2) is 102 Å². The number of benzene rings is 3. The number of ether oxygens (including phenoxy) is 1. The predicted octanol–water partition coefficient (Wildman–Crippen LogP) is 8.99. The van der Waals surface area contributed by atoms with Crippen LogP contribution in [0.5, 0.6) is 0 Å². The molecular weight excluding hydrogens is 624 g/mol. The molecule has 3 aromatic carbocycles. The van der Waals surface area contributed by atoms with Gasteiger partial charge >= 0.3 is 0 Å². The van der Waals surface area contributed by atoms with Crippen LogP contribution in [-0.4, -0.2) is 32.0 Å². The number of methoxy groups -OCH3 is 1. The number of aromatic amines is 1. The Morgan fingerprint density at radius 2 is 1.59 bits per heavy atom. The summed E-state index contributed by atoms with van der Waals surface area (Å²) in [5.41, 5.74) is 5.72. The normalized spacial score (nSPS) is 15.7. The minimum atomic E-state index is -2.65. The zero-order valence-corrected chi connectivity index (χ0v) is 29.1. The zero-order chi connectivity index (χ0) is 31.0. The lowest BCUT2D eigenvalue weighted by molar-refractivity contribution is 0.0534. The van der Waals surface area contributed by atoms with Gasteiger partial charge in [-0.3, -0.25) is 4.98 Å². The van der Waals surface area contributed by atoms with Crippen LogP contribution in [0, 0.1) is 5.41 Å². The molecule has 1 aliphatic rings. The van der Waals surface area contributed by atoms with Gasteiger partial charge in [0.15, 0.2) is 0 Å². The molecule has 1 aliphatic carbocycles. The number of hydrogen-bond donors (Lipinski definition) is 1. The Kier molecular flexibility index (Phi) is 8.73. The number of aromatic nitrogens is 2. The van der Waals surface area contributed by atoms with E-state index < -0.39 is 8.32 Å². The monoisotopic (exact) mass is 666 g/mol. The number of halogens is 1. The van der Waals surface area contributed by atoms with E-state index in [0.717, 1.165) is 52.8 Å². The average molecular weight is 668 g/mol. The topological polar surface area (TPSA) is 47.1 Å². The summed E-state index contributed by atoms with van der Waals surface area (Å²) in [6.45, 7) is 9.89. The second kappa shape index (κ2) is 12.4. The Morgan fingerprint density at radius 1 is 0.932 bits per heavy atom. The largest absolute Gasteiger partial charge is 0.407 e. The van der Waals surface area contributed by atoms with Gasteiger partial charge in [-0.05, 0) is 82.9 Å². The summed E-state index contributed by atoms with van der Waals surface area (Å²) in [4.78, 5) is 8.57. The summed E-state index contributed by atoms with van der Waals surface area (Å²) in [6, 6.07) is 32.8. The number of pyridine rings is 1. The first-order valence-electron chi connectivity index (χ1n) is 15.7. The molecule has 0 radical (unpaired) electrons. The van der Waals surface area contributed by atoms with E-state index in [2.05, 4.69) is 134 Å². The lowest BCUT2D eigenvalue weighted by Gasteiger charge is -2.48. The molecule has 4 nitrogen and oxygen atoms in total. The van der Waals surface area contributed by atoms with Crippen LogP contribution in [0.2, 0.25) is 5.04 Å². The Bertz CT molecular complexity index is 1690. The second-order valence-corrected chi connectivity index (χ2v) is 18.7. The lowest BCUT2D eigenvalue weighted by Crippen LogP contribution is -2.67. The van der Waals surface area contributed by atoms with Crippen molar-refractivity contribution in [2.45, 2.75) is 64.5 Å². The average Bonchev–Trinajstić information content (AvgIpc) is 3.36. The maximum absolute atomic E-state index is 7.57. The summed E-state index contributed by atoms with van der Waals surface area (Å²) in [6.07, 6.45) is 6.21. The Hall–Kier alpha value is -3.03. The summed E-state index contributed by atoms with van der Waals surface area (Å²) < 4.78 is 14.4. The lowest BCUT2D eigenvalue weighted by atomic mass is 9.65. The van der Waals surface area contributed by atoms with Gasteiger partial charge in [-0.2, -0.15) is 0 Å². The van der Waals surface area contributed by atoms with E-state index in [-0.39, 0.29) is 16.6 Å². The van der Waals surface area contributed by atoms with Crippen LogP contribution < -0.4 is 10.4 Å². The van der Waals surface area contributed by atoms with E-state index in [4.69, 9.17) is 14.1 Å². The highest BCUT2D eigenvalue weighted by atomic mass is 79.9. The SMILES string of the molecule is CO[C@@H](C)c1ncccc1-c1[nH]c2ccc(Br)cc2c1CC1(CO[Si](c2ccccc2)(c2ccccc2)C(C)(C)C)CCC1. The molecule has 44 heavy (non-hydrogen) atoms. The minimum absolute atomic E-state index is 0.0501. The van der Waals surface area contributed by atoms with Crippen molar-refractivity contribution in [3.8, 4) is 11.3 Å². The summed E-state index contributed by atoms with van der Waals surface area (Å²) in [5, 5.41) is 3.86. The summed E-state index contributed by atoms with van der Waals surface area (Å²) in [5.74, 6) is 0. The van der Waals surface area contributed by atoms with Gasteiger partial charge in [0, 0.05) is 40.9 Å². The molecule has 0 unspecified atom stereocenters. The number of fused-ring (bicyclic) bond motifs is 1. The van der Waals surface area contributed by atoms with Crippen molar-refractivity contribution in [2.75, 3.05) is 13.7 Å². The highest BCUT2D eigenvalue weighted by Crippen LogP contribution is 2.49. The van der Waals surface area contributed by atoms with Crippen LogP contribution in [0.25, 0.3) is 22.2 Å². The summed E-state index contributed by atoms with van der Waals surface area (Å²) >= 11 is 3.76. The molecule has 0 amide bonds. The molecule has 6 heteroatoms. The fourth-order valence-corrected chi connectivity index (χ4v) is 12.2. The van der Waals surface area contributed by atoms with E-state index in [1.54, 1.807) is 7.11 Å². The molecule has 0 bridgehead atoms. The number of H-pyrrole nitrogens is 1. The van der Waals surface area contributed by atoms with Gasteiger partial charge < -0.3 is 14.1 Å². The third-order valence-electron chi connectivity index (χ3n) is 9.69. The molecule has 228 valence electrons. The predicted molar refractivity (Wildman–Crippen MR) is 188 cm³/mol. The number of hydrogen-bond acceptors (Lipinski definition) is 3. The van der Waals surface area contributed by atoms with Crippen molar-refractivity contribution < 1.29 is 9.16 Å². The van der Waals surface area contributed by atoms with Gasteiger partial charge in [0.2, 0.25) is 0 Å². The van der Waals surface area contributed by atoms with Crippen molar-refractivity contribution >= 4 is 45.5 Å². The minimum Gasteiger partial charge on any atom is -0.407 e. The fraction of sp³-hybridized carbons (Fsp3) is 0.342. The van der Waals surface area contributed by atoms with Gasteiger partial charge in [0.1, 0.15) is 0 Å². The number of nitrogens with one attached hydrogen (secondary N) is 1. The van der Waals surface area contributed by atoms with Crippen LogP contribution in [0.3, 0.4) is 0 Å². The van der Waals surface area contributed by atoms with Crippen molar-refractivity contribution in [2.24, 2.45) is 5.41 Å². The standard InChI is InChI=1S/C38H43BrN2O2Si/c1-27(42-5)35-31(18-12-23-40-35)36-33(32-24-28(39)19-20-34(32)41-36)25-38(21-13-22-38)26-43-44(37(2,3)4,29-14-8-6-9-15-29)30-16-10-7-11-17-30/h6-12,14-20,23-24,27,41H,13,21-22,25-26H2,1-5H3/t27-/m0/s1. The molecule has 1 atom stereocenters. The molecule has 5 aromatic rings. The van der Waals surface area contributed by atoms with Gasteiger partial charge in [-0.15, -0.1) is 0 Å². The number of nitrogens with zero attached hydrogens (tertiary/aromatic N) is 1. The molecule has 0 saturated heterocycles. The fourth-order valence-electron chi connectivity index (χ4n) is 7.14. The third-order valence-corrected chi connectivity index (χ3v) is 15.2. The van der Waals surface area contributed by atoms with Crippen molar-refractivity contribution in [3.63, 3.8) is 0 Å². The smallest absolute Gasteiger partial charge is 0.261 e. The molecule has 1 fully saturated rings. The van der Waals surface area contributed by atoms with Crippen molar-refractivity contribution in [3.05, 3.63) is 113 Å². The molecule has 1 saturated carbocycles.